The van der Waals surface area contributed by atoms with E-state index in [1.807, 2.05) is 7.05 Å². The lowest BCUT2D eigenvalue weighted by atomic mass is 10.1. The van der Waals surface area contributed by atoms with Crippen LogP contribution in [0.3, 0.4) is 0 Å². The molecule has 2 heterocycles. The summed E-state index contributed by atoms with van der Waals surface area (Å²) in [6.45, 7) is 3.51. The Balaban J connectivity index is 1.29. The molecule has 1 saturated carbocycles. The number of ether oxygens (including phenoxy) is 1. The molecule has 1 aliphatic carbocycles. The van der Waals surface area contributed by atoms with E-state index in [2.05, 4.69) is 30.4 Å². The summed E-state index contributed by atoms with van der Waals surface area (Å²) in [5, 5.41) is 15.6. The number of guanidine groups is 1. The van der Waals surface area contributed by atoms with Gasteiger partial charge >= 0.3 is 0 Å². The van der Waals surface area contributed by atoms with Crippen molar-refractivity contribution >= 4 is 5.96 Å². The molecule has 2 aliphatic rings. The molecule has 158 valence electrons. The average molecular weight is 391 g/mol. The summed E-state index contributed by atoms with van der Waals surface area (Å²) in [7, 11) is 1.82. The summed E-state index contributed by atoms with van der Waals surface area (Å²) < 4.78 is 8.37. The zero-order valence-corrected chi connectivity index (χ0v) is 17.6. The van der Waals surface area contributed by atoms with Crippen molar-refractivity contribution in [2.75, 3.05) is 26.7 Å². The van der Waals surface area contributed by atoms with E-state index in [9.17, 15) is 0 Å². The van der Waals surface area contributed by atoms with Crippen molar-refractivity contribution in [3.05, 3.63) is 11.6 Å². The Bertz CT molecular complexity index is 592. The van der Waals surface area contributed by atoms with Gasteiger partial charge in [-0.2, -0.15) is 0 Å². The molecular formula is C21H38N6O. The molecule has 0 radical (unpaired) electrons. The van der Waals surface area contributed by atoms with Crippen molar-refractivity contribution < 1.29 is 4.74 Å². The molecule has 7 heteroatoms. The maximum atomic E-state index is 6.03. The van der Waals surface area contributed by atoms with Gasteiger partial charge in [0.15, 0.2) is 5.96 Å². The minimum absolute atomic E-state index is 0.456. The van der Waals surface area contributed by atoms with Crippen LogP contribution in [-0.4, -0.2) is 53.6 Å². The fourth-order valence-electron chi connectivity index (χ4n) is 4.21. The predicted molar refractivity (Wildman–Crippen MR) is 113 cm³/mol. The van der Waals surface area contributed by atoms with E-state index in [-0.39, 0.29) is 0 Å². The zero-order valence-electron chi connectivity index (χ0n) is 17.6. The van der Waals surface area contributed by atoms with E-state index in [0.29, 0.717) is 6.10 Å². The number of aromatic nitrogens is 3. The first kappa shape index (κ1) is 21.1. The second kappa shape index (κ2) is 12.0. The summed E-state index contributed by atoms with van der Waals surface area (Å²) in [6, 6.07) is 0. The molecule has 1 aromatic heterocycles. The van der Waals surface area contributed by atoms with E-state index in [1.54, 1.807) is 0 Å². The normalized spacial score (nSPS) is 19.0. The summed E-state index contributed by atoms with van der Waals surface area (Å²) in [6.07, 6.45) is 15.1. The third-order valence-corrected chi connectivity index (χ3v) is 5.83. The van der Waals surface area contributed by atoms with Crippen LogP contribution >= 0.6 is 0 Å². The zero-order chi connectivity index (χ0) is 19.4. The molecule has 2 N–H and O–H groups in total. The standard InChI is InChI=1S/C21H38N6O/c1-22-21(24-15-17-28-18-10-5-2-3-6-11-18)23-14-9-13-20-26-25-19-12-7-4-8-16-27(19)20/h18H,2-17H2,1H3,(H2,22,23,24). The molecular weight excluding hydrogens is 352 g/mol. The fourth-order valence-corrected chi connectivity index (χ4v) is 4.21. The first-order valence-electron chi connectivity index (χ1n) is 11.3. The molecule has 0 spiro atoms. The van der Waals surface area contributed by atoms with Crippen LogP contribution in [0.15, 0.2) is 4.99 Å². The molecule has 1 aliphatic heterocycles. The van der Waals surface area contributed by atoms with E-state index in [1.165, 1.54) is 63.6 Å². The first-order chi connectivity index (χ1) is 13.9. The molecule has 28 heavy (non-hydrogen) atoms. The monoisotopic (exact) mass is 390 g/mol. The van der Waals surface area contributed by atoms with Crippen LogP contribution in [0.25, 0.3) is 0 Å². The van der Waals surface area contributed by atoms with Gasteiger partial charge in [-0.05, 0) is 32.1 Å². The van der Waals surface area contributed by atoms with Crippen molar-refractivity contribution in [1.29, 1.82) is 0 Å². The minimum atomic E-state index is 0.456. The summed E-state index contributed by atoms with van der Waals surface area (Å²) in [5.74, 6) is 3.16. The maximum Gasteiger partial charge on any atom is 0.191 e. The second-order valence-electron chi connectivity index (χ2n) is 8.01. The molecule has 3 rings (SSSR count). The van der Waals surface area contributed by atoms with Crippen LogP contribution in [0.2, 0.25) is 0 Å². The van der Waals surface area contributed by atoms with Crippen LogP contribution in [0.1, 0.15) is 75.9 Å². The van der Waals surface area contributed by atoms with E-state index in [4.69, 9.17) is 4.74 Å². The van der Waals surface area contributed by atoms with Crippen LogP contribution in [0.4, 0.5) is 0 Å². The Morgan fingerprint density at radius 1 is 1.04 bits per heavy atom. The van der Waals surface area contributed by atoms with Gasteiger partial charge in [0.2, 0.25) is 0 Å². The van der Waals surface area contributed by atoms with Crippen molar-refractivity contribution in [2.24, 2.45) is 4.99 Å². The highest BCUT2D eigenvalue weighted by atomic mass is 16.5. The topological polar surface area (TPSA) is 76.4 Å². The smallest absolute Gasteiger partial charge is 0.191 e. The number of fused-ring (bicyclic) bond motifs is 1. The van der Waals surface area contributed by atoms with Crippen LogP contribution in [0, 0.1) is 0 Å². The van der Waals surface area contributed by atoms with E-state index in [0.717, 1.165) is 57.3 Å². The Morgan fingerprint density at radius 3 is 2.64 bits per heavy atom. The Kier molecular flexibility index (Phi) is 9.07. The van der Waals surface area contributed by atoms with Crippen LogP contribution < -0.4 is 10.6 Å². The molecule has 1 aromatic rings. The average Bonchev–Trinajstić information content (AvgIpc) is 2.91. The number of hydrogen-bond acceptors (Lipinski definition) is 4. The number of nitrogens with zero attached hydrogens (tertiary/aromatic N) is 4. The quantitative estimate of drug-likeness (QED) is 0.309. The molecule has 0 aromatic carbocycles. The molecule has 0 unspecified atom stereocenters. The number of aliphatic imine (C=N–C) groups is 1. The second-order valence-corrected chi connectivity index (χ2v) is 8.01. The van der Waals surface area contributed by atoms with Crippen LogP contribution in [-0.2, 0) is 24.1 Å². The molecule has 0 saturated heterocycles. The Labute approximate surface area is 169 Å². The van der Waals surface area contributed by atoms with E-state index < -0.39 is 0 Å². The molecule has 0 atom stereocenters. The lowest BCUT2D eigenvalue weighted by molar-refractivity contribution is 0.0468. The Hall–Kier alpha value is -1.63. The number of nitrogens with one attached hydrogen (secondary N) is 2. The third-order valence-electron chi connectivity index (χ3n) is 5.83. The van der Waals surface area contributed by atoms with Gasteiger partial charge in [0.25, 0.3) is 0 Å². The van der Waals surface area contributed by atoms with E-state index >= 15 is 0 Å². The van der Waals surface area contributed by atoms with Crippen LogP contribution in [0.5, 0.6) is 0 Å². The van der Waals surface area contributed by atoms with Gasteiger partial charge in [-0.3, -0.25) is 4.99 Å². The van der Waals surface area contributed by atoms with Crippen molar-refractivity contribution in [3.8, 4) is 0 Å². The molecule has 0 bridgehead atoms. The highest BCUT2D eigenvalue weighted by Crippen LogP contribution is 2.19. The molecule has 7 nitrogen and oxygen atoms in total. The molecule has 0 amide bonds. The Morgan fingerprint density at radius 2 is 1.82 bits per heavy atom. The number of hydrogen-bond donors (Lipinski definition) is 2. The van der Waals surface area contributed by atoms with Crippen molar-refractivity contribution in [2.45, 2.75) is 89.7 Å². The molecule has 1 fully saturated rings. The first-order valence-corrected chi connectivity index (χ1v) is 11.3. The lowest BCUT2D eigenvalue weighted by Crippen LogP contribution is -2.39. The number of rotatable bonds is 8. The predicted octanol–water partition coefficient (Wildman–Crippen LogP) is 2.84. The minimum Gasteiger partial charge on any atom is -0.376 e. The summed E-state index contributed by atoms with van der Waals surface area (Å²) >= 11 is 0. The highest BCUT2D eigenvalue weighted by molar-refractivity contribution is 5.79. The number of aryl methyl sites for hydroxylation is 2. The lowest BCUT2D eigenvalue weighted by Gasteiger charge is -2.16. The van der Waals surface area contributed by atoms with Gasteiger partial charge in [0.05, 0.1) is 12.7 Å². The fraction of sp³-hybridized carbons (Fsp3) is 0.857. The van der Waals surface area contributed by atoms with Crippen molar-refractivity contribution in [3.63, 3.8) is 0 Å². The highest BCUT2D eigenvalue weighted by Gasteiger charge is 2.14. The van der Waals surface area contributed by atoms with Gasteiger partial charge in [0.1, 0.15) is 11.6 Å². The third kappa shape index (κ3) is 6.76. The van der Waals surface area contributed by atoms with Gasteiger partial charge in [-0.15, -0.1) is 10.2 Å². The van der Waals surface area contributed by atoms with Gasteiger partial charge in [-0.1, -0.05) is 32.1 Å². The van der Waals surface area contributed by atoms with Gasteiger partial charge in [-0.25, -0.2) is 0 Å². The SMILES string of the molecule is CN=C(NCCCc1nnc2n1CCCCC2)NCCOC1CCCCCC1. The van der Waals surface area contributed by atoms with Gasteiger partial charge < -0.3 is 19.9 Å². The summed E-state index contributed by atoms with van der Waals surface area (Å²) in [4.78, 5) is 4.31. The van der Waals surface area contributed by atoms with Gasteiger partial charge in [0, 0.05) is 39.5 Å². The maximum absolute atomic E-state index is 6.03. The largest absolute Gasteiger partial charge is 0.376 e. The van der Waals surface area contributed by atoms with Crippen molar-refractivity contribution in [1.82, 2.24) is 25.4 Å². The summed E-state index contributed by atoms with van der Waals surface area (Å²) in [5.41, 5.74) is 0.